The van der Waals surface area contributed by atoms with Gasteiger partial charge in [0.2, 0.25) is 0 Å². The third kappa shape index (κ3) is 4.71. The smallest absolute Gasteiger partial charge is 0.335 e. The van der Waals surface area contributed by atoms with E-state index < -0.39 is 23.3 Å². The van der Waals surface area contributed by atoms with E-state index in [0.717, 1.165) is 10.7 Å². The van der Waals surface area contributed by atoms with Gasteiger partial charge in [-0.1, -0.05) is 12.1 Å². The van der Waals surface area contributed by atoms with E-state index in [2.05, 4.69) is 10.4 Å². The number of carbonyl (C=O) groups is 3. The van der Waals surface area contributed by atoms with Crippen LogP contribution >= 0.6 is 0 Å². The van der Waals surface area contributed by atoms with Crippen LogP contribution < -0.4 is 31.5 Å². The maximum atomic E-state index is 13.6. The van der Waals surface area contributed by atoms with E-state index in [0.29, 0.717) is 5.56 Å². The fourth-order valence-electron chi connectivity index (χ4n) is 3.95. The molecule has 2 aromatic carbocycles. The van der Waals surface area contributed by atoms with Gasteiger partial charge in [-0.15, -0.1) is 5.10 Å². The number of aromatic nitrogens is 1. The fourth-order valence-corrected chi connectivity index (χ4v) is 3.95. The topological polar surface area (TPSA) is 145 Å². The molecule has 1 aromatic heterocycles. The van der Waals surface area contributed by atoms with Crippen molar-refractivity contribution in [3.8, 4) is 0 Å². The third-order valence-electron chi connectivity index (χ3n) is 5.90. The molecule has 0 unspecified atom stereocenters. The second-order valence-corrected chi connectivity index (χ2v) is 8.53. The van der Waals surface area contributed by atoms with Gasteiger partial charge in [0.15, 0.2) is 5.49 Å². The standard InChI is InChI=1S/C26H25N5O6/c1-29(2)17-8-4-15(5-9-17)14-19-20(23(33)27-12-13-32)21-22(30(3)24(19)34)28-31(25(21)35)18-10-6-16(7-11-18)26(36)37/h4-11,14,32H,12-13H2,1-3H3,(H,27,33)(H,36,37). The van der Waals surface area contributed by atoms with Gasteiger partial charge in [-0.05, 0) is 48.0 Å². The minimum absolute atomic E-state index is 0.000850. The van der Waals surface area contributed by atoms with Crippen molar-refractivity contribution < 1.29 is 24.6 Å². The lowest BCUT2D eigenvalue weighted by molar-refractivity contribution is 0.0696. The summed E-state index contributed by atoms with van der Waals surface area (Å²) in [6, 6.07) is 12.8. The molecule has 0 saturated heterocycles. The highest BCUT2D eigenvalue weighted by atomic mass is 16.4. The Hall–Kier alpha value is -4.77. The number of rotatable bonds is 7. The molecular weight excluding hydrogens is 478 g/mol. The van der Waals surface area contributed by atoms with Crippen molar-refractivity contribution in [3.05, 3.63) is 91.8 Å². The number of aromatic carboxylic acids is 1. The predicted octanol–water partition coefficient (Wildman–Crippen LogP) is -0.105. The fraction of sp³-hybridized carbons (Fsp3) is 0.192. The highest BCUT2D eigenvalue weighted by Crippen LogP contribution is 2.21. The quantitative estimate of drug-likeness (QED) is 0.408. The summed E-state index contributed by atoms with van der Waals surface area (Å²) in [6.45, 7) is -0.407. The van der Waals surface area contributed by atoms with Crippen LogP contribution in [0.15, 0.2) is 58.4 Å². The molecule has 3 aromatic rings. The monoisotopic (exact) mass is 503 g/mol. The number of nitrogens with one attached hydrogen (secondary N) is 1. The molecule has 0 radical (unpaired) electrons. The Labute approximate surface area is 211 Å². The van der Waals surface area contributed by atoms with Gasteiger partial charge < -0.3 is 20.4 Å². The second-order valence-electron chi connectivity index (χ2n) is 8.53. The Kier molecular flexibility index (Phi) is 6.89. The van der Waals surface area contributed by atoms with Gasteiger partial charge in [-0.25, -0.2) is 4.79 Å². The molecule has 0 bridgehead atoms. The Morgan fingerprint density at radius 2 is 1.70 bits per heavy atom. The Morgan fingerprint density at radius 3 is 2.27 bits per heavy atom. The highest BCUT2D eigenvalue weighted by Gasteiger charge is 2.33. The summed E-state index contributed by atoms with van der Waals surface area (Å²) in [7, 11) is 5.25. The van der Waals surface area contributed by atoms with E-state index in [-0.39, 0.29) is 46.2 Å². The first-order valence-corrected chi connectivity index (χ1v) is 11.3. The Morgan fingerprint density at radius 1 is 1.05 bits per heavy atom. The number of anilines is 2. The molecule has 4 rings (SSSR count). The number of pyridine rings is 1. The van der Waals surface area contributed by atoms with Crippen LogP contribution in [0.3, 0.4) is 0 Å². The van der Waals surface area contributed by atoms with E-state index in [4.69, 9.17) is 5.11 Å². The molecule has 11 nitrogen and oxygen atoms in total. The third-order valence-corrected chi connectivity index (χ3v) is 5.90. The minimum Gasteiger partial charge on any atom is -0.478 e. The van der Waals surface area contributed by atoms with Gasteiger partial charge in [0.1, 0.15) is 5.56 Å². The molecular formula is C26H25N5O6. The van der Waals surface area contributed by atoms with Crippen molar-refractivity contribution in [3.63, 3.8) is 0 Å². The number of hydrogen-bond acceptors (Lipinski definition) is 7. The maximum Gasteiger partial charge on any atom is 0.335 e. The van der Waals surface area contributed by atoms with Crippen molar-refractivity contribution in [1.29, 1.82) is 0 Å². The van der Waals surface area contributed by atoms with Gasteiger partial charge in [0, 0.05) is 33.4 Å². The number of aliphatic hydroxyl groups excluding tert-OH is 1. The van der Waals surface area contributed by atoms with Crippen LogP contribution in [0.5, 0.6) is 0 Å². The minimum atomic E-state index is -1.12. The number of hydrogen-bond donors (Lipinski definition) is 3. The van der Waals surface area contributed by atoms with Gasteiger partial charge in [-0.3, -0.25) is 19.0 Å². The first kappa shape index (κ1) is 25.3. The average Bonchev–Trinajstić information content (AvgIpc) is 3.23. The Bertz CT molecular complexity index is 1570. The molecule has 3 N–H and O–H groups in total. The highest BCUT2D eigenvalue weighted by molar-refractivity contribution is 6.14. The number of carboxylic acid groups (broad SMARTS) is 1. The molecule has 2 amide bonds. The van der Waals surface area contributed by atoms with E-state index >= 15 is 0 Å². The molecule has 1 aliphatic heterocycles. The summed E-state index contributed by atoms with van der Waals surface area (Å²) in [6.07, 6.45) is 1.54. The van der Waals surface area contributed by atoms with Crippen molar-refractivity contribution in [2.24, 2.45) is 12.1 Å². The van der Waals surface area contributed by atoms with Gasteiger partial charge >= 0.3 is 5.97 Å². The average molecular weight is 504 g/mol. The zero-order valence-electron chi connectivity index (χ0n) is 20.4. The molecule has 0 saturated carbocycles. The van der Waals surface area contributed by atoms with Crippen LogP contribution in [0.4, 0.5) is 11.4 Å². The number of fused-ring (bicyclic) bond motifs is 1. The molecule has 190 valence electrons. The maximum absolute atomic E-state index is 13.6. The zero-order chi connectivity index (χ0) is 26.9. The number of carboxylic acids is 1. The molecule has 1 aliphatic rings. The molecule has 2 heterocycles. The number of benzene rings is 2. The number of carbonyl (C=O) groups excluding carboxylic acids is 2. The first-order chi connectivity index (χ1) is 17.6. The van der Waals surface area contributed by atoms with Crippen LogP contribution in [0.1, 0.15) is 36.6 Å². The van der Waals surface area contributed by atoms with E-state index in [1.165, 1.54) is 42.0 Å². The number of nitrogens with zero attached hydrogens (tertiary/aromatic N) is 4. The van der Waals surface area contributed by atoms with Crippen LogP contribution in [-0.4, -0.2) is 59.8 Å². The zero-order valence-corrected chi connectivity index (χ0v) is 20.4. The lowest BCUT2D eigenvalue weighted by Crippen LogP contribution is -2.48. The van der Waals surface area contributed by atoms with Gasteiger partial charge in [-0.2, -0.15) is 5.01 Å². The molecule has 0 aliphatic carbocycles. The van der Waals surface area contributed by atoms with E-state index in [1.807, 2.05) is 31.1 Å². The van der Waals surface area contributed by atoms with Crippen molar-refractivity contribution in [2.45, 2.75) is 0 Å². The summed E-state index contributed by atoms with van der Waals surface area (Å²) in [4.78, 5) is 53.3. The van der Waals surface area contributed by atoms with Gasteiger partial charge in [0.05, 0.1) is 28.6 Å². The van der Waals surface area contributed by atoms with Gasteiger partial charge in [0.25, 0.3) is 17.4 Å². The lowest BCUT2D eigenvalue weighted by Gasteiger charge is -2.13. The summed E-state index contributed by atoms with van der Waals surface area (Å²) < 4.78 is 1.20. The summed E-state index contributed by atoms with van der Waals surface area (Å²) in [5.74, 6) is -2.48. The van der Waals surface area contributed by atoms with Crippen LogP contribution in [0.2, 0.25) is 0 Å². The molecule has 37 heavy (non-hydrogen) atoms. The SMILES string of the molecule is CN(C)c1ccc(C=c2c(C(=O)NCCO)c3c(n(C)c2=O)=NN(c2ccc(C(=O)O)cc2)C3=O)cc1. The van der Waals surface area contributed by atoms with Crippen molar-refractivity contribution in [2.75, 3.05) is 37.2 Å². The first-order valence-electron chi connectivity index (χ1n) is 11.3. The molecule has 0 spiro atoms. The van der Waals surface area contributed by atoms with E-state index in [9.17, 15) is 24.3 Å². The predicted molar refractivity (Wildman–Crippen MR) is 136 cm³/mol. The van der Waals surface area contributed by atoms with Crippen LogP contribution in [0.25, 0.3) is 6.08 Å². The van der Waals surface area contributed by atoms with Crippen molar-refractivity contribution >= 4 is 35.2 Å². The summed E-state index contributed by atoms with van der Waals surface area (Å²) >= 11 is 0. The largest absolute Gasteiger partial charge is 0.478 e. The Balaban J connectivity index is 1.92. The summed E-state index contributed by atoms with van der Waals surface area (Å²) in [5, 5.41) is 26.2. The van der Waals surface area contributed by atoms with Crippen LogP contribution in [-0.2, 0) is 7.05 Å². The lowest BCUT2D eigenvalue weighted by atomic mass is 10.0. The normalized spacial score (nSPS) is 12.8. The second kappa shape index (κ2) is 10.1. The molecule has 11 heteroatoms. The molecule has 0 atom stereocenters. The number of aliphatic hydroxyl groups is 1. The summed E-state index contributed by atoms with van der Waals surface area (Å²) in [5.41, 5.74) is 1.11. The van der Waals surface area contributed by atoms with Crippen LogP contribution in [0, 0.1) is 0 Å². The van der Waals surface area contributed by atoms with Crippen molar-refractivity contribution in [1.82, 2.24) is 9.88 Å². The molecule has 0 fully saturated rings. The number of amides is 2. The van der Waals surface area contributed by atoms with E-state index in [1.54, 1.807) is 12.1 Å².